The van der Waals surface area contributed by atoms with Crippen LogP contribution in [0.5, 0.6) is 0 Å². The van der Waals surface area contributed by atoms with Gasteiger partial charge in [0.2, 0.25) is 0 Å². The molecule has 1 amide bonds. The molecule has 1 saturated heterocycles. The van der Waals surface area contributed by atoms with Crippen LogP contribution in [0, 0.1) is 26.2 Å². The molecule has 112 valence electrons. The van der Waals surface area contributed by atoms with Gasteiger partial charge in [-0.3, -0.25) is 15.1 Å². The quantitative estimate of drug-likeness (QED) is 0.810. The average Bonchev–Trinajstić information content (AvgIpc) is 2.98. The van der Waals surface area contributed by atoms with Crippen molar-refractivity contribution in [2.24, 2.45) is 0 Å². The first-order valence-corrected chi connectivity index (χ1v) is 8.61. The van der Waals surface area contributed by atoms with E-state index in [4.69, 9.17) is 5.41 Å². The third-order valence-corrected chi connectivity index (χ3v) is 5.45. The molecule has 1 aliphatic rings. The van der Waals surface area contributed by atoms with E-state index in [-0.39, 0.29) is 11.1 Å². The number of nitrogens with one attached hydrogen (secondary N) is 1. The van der Waals surface area contributed by atoms with Crippen molar-refractivity contribution in [1.29, 1.82) is 5.41 Å². The average molecular weight is 328 g/mol. The molecule has 0 aliphatic carbocycles. The normalized spacial score (nSPS) is 16.9. The van der Waals surface area contributed by atoms with Crippen LogP contribution in [-0.2, 0) is 4.79 Å². The molecule has 22 heavy (non-hydrogen) atoms. The summed E-state index contributed by atoms with van der Waals surface area (Å²) in [4.78, 5) is 15.9. The number of thiophene rings is 1. The van der Waals surface area contributed by atoms with Gasteiger partial charge < -0.3 is 0 Å². The molecule has 0 bridgehead atoms. The molecular formula is C17H16N2OS2. The Morgan fingerprint density at radius 2 is 1.91 bits per heavy atom. The van der Waals surface area contributed by atoms with Crippen LogP contribution in [0.15, 0.2) is 34.6 Å². The third kappa shape index (κ3) is 2.62. The molecule has 0 saturated carbocycles. The Kier molecular flexibility index (Phi) is 3.93. The first-order chi connectivity index (χ1) is 10.5. The molecule has 1 aromatic carbocycles. The second kappa shape index (κ2) is 5.74. The number of aryl methyl sites for hydroxylation is 3. The minimum Gasteiger partial charge on any atom is -0.278 e. The van der Waals surface area contributed by atoms with Crippen LogP contribution in [0.25, 0.3) is 6.08 Å². The zero-order valence-electron chi connectivity index (χ0n) is 12.6. The Hall–Kier alpha value is -1.85. The van der Waals surface area contributed by atoms with Crippen molar-refractivity contribution in [3.63, 3.8) is 0 Å². The number of benzene rings is 1. The van der Waals surface area contributed by atoms with Gasteiger partial charge in [0.15, 0.2) is 5.17 Å². The fourth-order valence-electron chi connectivity index (χ4n) is 2.32. The monoisotopic (exact) mass is 328 g/mol. The van der Waals surface area contributed by atoms with E-state index >= 15 is 0 Å². The lowest BCUT2D eigenvalue weighted by Gasteiger charge is -2.17. The van der Waals surface area contributed by atoms with Gasteiger partial charge in [0.25, 0.3) is 5.91 Å². The van der Waals surface area contributed by atoms with E-state index in [0.717, 1.165) is 27.3 Å². The van der Waals surface area contributed by atoms with Gasteiger partial charge in [0.1, 0.15) is 0 Å². The fourth-order valence-corrected chi connectivity index (χ4v) is 4.09. The highest BCUT2D eigenvalue weighted by molar-refractivity contribution is 8.19. The predicted octanol–water partition coefficient (Wildman–Crippen LogP) is 4.73. The van der Waals surface area contributed by atoms with Crippen molar-refractivity contribution >= 4 is 45.9 Å². The van der Waals surface area contributed by atoms with Crippen LogP contribution < -0.4 is 4.90 Å². The van der Waals surface area contributed by atoms with Crippen LogP contribution in [0.4, 0.5) is 5.69 Å². The lowest BCUT2D eigenvalue weighted by Crippen LogP contribution is -2.28. The first-order valence-electron chi connectivity index (χ1n) is 6.91. The summed E-state index contributed by atoms with van der Waals surface area (Å²) in [7, 11) is 0. The van der Waals surface area contributed by atoms with E-state index in [2.05, 4.69) is 0 Å². The second-order valence-electron chi connectivity index (χ2n) is 5.31. The van der Waals surface area contributed by atoms with Gasteiger partial charge in [-0.15, -0.1) is 11.3 Å². The molecule has 2 heterocycles. The SMILES string of the molecule is Cc1ccc(C)c(N2C(=N)S/C(=C\c3sccc3C)C2=O)c1. The van der Waals surface area contributed by atoms with Crippen molar-refractivity contribution in [3.05, 3.63) is 56.1 Å². The molecule has 3 nitrogen and oxygen atoms in total. The lowest BCUT2D eigenvalue weighted by molar-refractivity contribution is -0.113. The van der Waals surface area contributed by atoms with Gasteiger partial charge in [0.05, 0.1) is 10.6 Å². The number of carbonyl (C=O) groups excluding carboxylic acids is 1. The molecule has 0 spiro atoms. The molecule has 0 atom stereocenters. The van der Waals surface area contributed by atoms with E-state index in [1.807, 2.05) is 56.5 Å². The maximum Gasteiger partial charge on any atom is 0.271 e. The van der Waals surface area contributed by atoms with Gasteiger partial charge in [-0.1, -0.05) is 12.1 Å². The molecule has 3 rings (SSSR count). The Morgan fingerprint density at radius 3 is 2.59 bits per heavy atom. The Labute approximate surface area is 138 Å². The van der Waals surface area contributed by atoms with Crippen molar-refractivity contribution in [1.82, 2.24) is 0 Å². The fraction of sp³-hybridized carbons (Fsp3) is 0.176. The molecule has 2 aromatic rings. The van der Waals surface area contributed by atoms with Gasteiger partial charge in [-0.25, -0.2) is 0 Å². The molecule has 0 unspecified atom stereocenters. The molecule has 1 aromatic heterocycles. The van der Waals surface area contributed by atoms with Crippen molar-refractivity contribution < 1.29 is 4.79 Å². The number of nitrogens with zero attached hydrogens (tertiary/aromatic N) is 1. The minimum atomic E-state index is -0.114. The molecule has 1 aliphatic heterocycles. The van der Waals surface area contributed by atoms with Gasteiger partial charge in [-0.2, -0.15) is 0 Å². The number of amidine groups is 1. The Balaban J connectivity index is 2.00. The smallest absolute Gasteiger partial charge is 0.271 e. The van der Waals surface area contributed by atoms with Gasteiger partial charge >= 0.3 is 0 Å². The summed E-state index contributed by atoms with van der Waals surface area (Å²) in [6, 6.07) is 8.00. The summed E-state index contributed by atoms with van der Waals surface area (Å²) >= 11 is 2.84. The van der Waals surface area contributed by atoms with Crippen LogP contribution >= 0.6 is 23.1 Å². The summed E-state index contributed by atoms with van der Waals surface area (Å²) in [5.41, 5.74) is 4.03. The number of rotatable bonds is 2. The van der Waals surface area contributed by atoms with E-state index in [1.165, 1.54) is 16.7 Å². The van der Waals surface area contributed by atoms with Crippen LogP contribution in [0.2, 0.25) is 0 Å². The number of hydrogen-bond acceptors (Lipinski definition) is 4. The van der Waals surface area contributed by atoms with Crippen LogP contribution in [0.1, 0.15) is 21.6 Å². The van der Waals surface area contributed by atoms with Crippen LogP contribution in [0.3, 0.4) is 0 Å². The Morgan fingerprint density at radius 1 is 1.14 bits per heavy atom. The van der Waals surface area contributed by atoms with Crippen molar-refractivity contribution in [3.8, 4) is 0 Å². The topological polar surface area (TPSA) is 44.2 Å². The summed E-state index contributed by atoms with van der Waals surface area (Å²) < 4.78 is 0. The second-order valence-corrected chi connectivity index (χ2v) is 7.29. The molecule has 1 fully saturated rings. The first kappa shape index (κ1) is 15.1. The zero-order valence-corrected chi connectivity index (χ0v) is 14.3. The maximum absolute atomic E-state index is 12.7. The van der Waals surface area contributed by atoms with Crippen molar-refractivity contribution in [2.45, 2.75) is 20.8 Å². The number of anilines is 1. The highest BCUT2D eigenvalue weighted by Gasteiger charge is 2.34. The van der Waals surface area contributed by atoms with E-state index in [9.17, 15) is 4.79 Å². The molecule has 1 N–H and O–H groups in total. The highest BCUT2D eigenvalue weighted by atomic mass is 32.2. The molecule has 0 radical (unpaired) electrons. The van der Waals surface area contributed by atoms with E-state index < -0.39 is 0 Å². The third-order valence-electron chi connectivity index (χ3n) is 3.59. The van der Waals surface area contributed by atoms with E-state index in [0.29, 0.717) is 4.91 Å². The van der Waals surface area contributed by atoms with Crippen LogP contribution in [-0.4, -0.2) is 11.1 Å². The Bertz CT molecular complexity index is 805. The summed E-state index contributed by atoms with van der Waals surface area (Å²) in [6.45, 7) is 5.98. The van der Waals surface area contributed by atoms with Crippen molar-refractivity contribution in [2.75, 3.05) is 4.90 Å². The standard InChI is InChI=1S/C17H16N2OS2/c1-10-4-5-11(2)13(8-10)19-16(20)15(22-17(19)18)9-14-12(3)6-7-21-14/h4-9,18H,1-3H3/b15-9-,18-17?. The number of thioether (sulfide) groups is 1. The summed E-state index contributed by atoms with van der Waals surface area (Å²) in [5.74, 6) is -0.114. The predicted molar refractivity (Wildman–Crippen MR) is 95.8 cm³/mol. The summed E-state index contributed by atoms with van der Waals surface area (Å²) in [6.07, 6.45) is 1.90. The van der Waals surface area contributed by atoms with Gasteiger partial charge in [0, 0.05) is 4.88 Å². The lowest BCUT2D eigenvalue weighted by atomic mass is 10.1. The molecule has 5 heteroatoms. The number of carbonyl (C=O) groups is 1. The van der Waals surface area contributed by atoms with E-state index in [1.54, 1.807) is 11.3 Å². The number of hydrogen-bond donors (Lipinski definition) is 1. The summed E-state index contributed by atoms with van der Waals surface area (Å²) in [5, 5.41) is 10.5. The largest absolute Gasteiger partial charge is 0.278 e. The highest BCUT2D eigenvalue weighted by Crippen LogP contribution is 2.37. The zero-order chi connectivity index (χ0) is 15.9. The number of amides is 1. The minimum absolute atomic E-state index is 0.114. The molecular weight excluding hydrogens is 312 g/mol. The maximum atomic E-state index is 12.7. The van der Waals surface area contributed by atoms with Gasteiger partial charge in [-0.05, 0) is 72.8 Å².